The SMILES string of the molecule is CCOc1ccc2c(c1)sc(=NC(=O)c1cccc(S(=O)(=O)C(C)C)c1)n2CC(=O)OC. The van der Waals surface area contributed by atoms with Gasteiger partial charge in [0, 0.05) is 5.56 Å². The van der Waals surface area contributed by atoms with Crippen LogP contribution in [-0.4, -0.2) is 43.8 Å². The van der Waals surface area contributed by atoms with Crippen molar-refractivity contribution in [2.45, 2.75) is 37.5 Å². The van der Waals surface area contributed by atoms with Gasteiger partial charge < -0.3 is 14.0 Å². The van der Waals surface area contributed by atoms with E-state index in [1.807, 2.05) is 13.0 Å². The number of benzene rings is 2. The molecule has 3 rings (SSSR count). The number of hydrogen-bond donors (Lipinski definition) is 0. The van der Waals surface area contributed by atoms with E-state index in [1.165, 1.54) is 42.7 Å². The van der Waals surface area contributed by atoms with Crippen molar-refractivity contribution in [1.82, 2.24) is 4.57 Å². The lowest BCUT2D eigenvalue weighted by Gasteiger charge is -2.08. The zero-order valence-corrected chi connectivity index (χ0v) is 19.8. The van der Waals surface area contributed by atoms with Gasteiger partial charge in [-0.05, 0) is 57.2 Å². The van der Waals surface area contributed by atoms with E-state index in [0.29, 0.717) is 22.7 Å². The van der Waals surface area contributed by atoms with Crippen molar-refractivity contribution in [2.24, 2.45) is 4.99 Å². The fourth-order valence-corrected chi connectivity index (χ4v) is 5.13. The van der Waals surface area contributed by atoms with Crippen molar-refractivity contribution in [2.75, 3.05) is 13.7 Å². The van der Waals surface area contributed by atoms with Crippen LogP contribution in [0.5, 0.6) is 5.75 Å². The second-order valence-electron chi connectivity index (χ2n) is 7.15. The van der Waals surface area contributed by atoms with Gasteiger partial charge in [-0.15, -0.1) is 0 Å². The van der Waals surface area contributed by atoms with Crippen LogP contribution in [0.25, 0.3) is 10.2 Å². The normalized spacial score (nSPS) is 12.3. The Labute approximate surface area is 190 Å². The molecule has 0 fully saturated rings. The van der Waals surface area contributed by atoms with E-state index >= 15 is 0 Å². The number of rotatable bonds is 7. The number of fused-ring (bicyclic) bond motifs is 1. The summed E-state index contributed by atoms with van der Waals surface area (Å²) in [5, 5.41) is -0.617. The van der Waals surface area contributed by atoms with Crippen molar-refractivity contribution < 1.29 is 27.5 Å². The molecule has 0 atom stereocenters. The number of amides is 1. The summed E-state index contributed by atoms with van der Waals surface area (Å²) in [5.41, 5.74) is 0.843. The van der Waals surface area contributed by atoms with Gasteiger partial charge in [0.05, 0.1) is 34.1 Å². The van der Waals surface area contributed by atoms with Crippen LogP contribution >= 0.6 is 11.3 Å². The summed E-state index contributed by atoms with van der Waals surface area (Å²) in [6.07, 6.45) is 0. The summed E-state index contributed by atoms with van der Waals surface area (Å²) >= 11 is 1.22. The molecule has 10 heteroatoms. The summed E-state index contributed by atoms with van der Waals surface area (Å²) < 4.78 is 37.6. The highest BCUT2D eigenvalue weighted by molar-refractivity contribution is 7.92. The molecule has 32 heavy (non-hydrogen) atoms. The lowest BCUT2D eigenvalue weighted by Crippen LogP contribution is -2.22. The summed E-state index contributed by atoms with van der Waals surface area (Å²) in [4.78, 5) is 29.4. The number of ether oxygens (including phenoxy) is 2. The molecule has 0 spiro atoms. The first-order chi connectivity index (χ1) is 15.2. The molecule has 0 N–H and O–H groups in total. The zero-order valence-electron chi connectivity index (χ0n) is 18.2. The minimum absolute atomic E-state index is 0.0636. The molecule has 0 bridgehead atoms. The maximum absolute atomic E-state index is 12.9. The molecule has 1 heterocycles. The molecule has 0 aliphatic carbocycles. The summed E-state index contributed by atoms with van der Waals surface area (Å²) in [6, 6.07) is 11.2. The molecule has 0 radical (unpaired) electrons. The van der Waals surface area contributed by atoms with Gasteiger partial charge in [-0.25, -0.2) is 8.42 Å². The second-order valence-corrected chi connectivity index (χ2v) is 10.7. The highest BCUT2D eigenvalue weighted by Crippen LogP contribution is 2.24. The Morgan fingerprint density at radius 1 is 1.16 bits per heavy atom. The molecule has 8 nitrogen and oxygen atoms in total. The van der Waals surface area contributed by atoms with Crippen LogP contribution in [0.4, 0.5) is 0 Å². The number of methoxy groups -OCH3 is 1. The Bertz CT molecular complexity index is 1340. The van der Waals surface area contributed by atoms with E-state index in [0.717, 1.165) is 4.70 Å². The molecule has 0 aliphatic heterocycles. The lowest BCUT2D eigenvalue weighted by molar-refractivity contribution is -0.141. The molecule has 0 saturated heterocycles. The van der Waals surface area contributed by atoms with Crippen LogP contribution in [-0.2, 0) is 25.9 Å². The van der Waals surface area contributed by atoms with Crippen LogP contribution in [0, 0.1) is 0 Å². The van der Waals surface area contributed by atoms with E-state index in [4.69, 9.17) is 9.47 Å². The van der Waals surface area contributed by atoms with Crippen molar-refractivity contribution in [1.29, 1.82) is 0 Å². The Morgan fingerprint density at radius 3 is 2.56 bits per heavy atom. The van der Waals surface area contributed by atoms with Crippen LogP contribution in [0.3, 0.4) is 0 Å². The molecule has 0 saturated carbocycles. The average molecular weight is 477 g/mol. The van der Waals surface area contributed by atoms with Crippen molar-refractivity contribution in [3.63, 3.8) is 0 Å². The van der Waals surface area contributed by atoms with Gasteiger partial charge in [-0.1, -0.05) is 17.4 Å². The number of carbonyl (C=O) groups excluding carboxylic acids is 2. The third-order valence-electron chi connectivity index (χ3n) is 4.71. The Balaban J connectivity index is 2.11. The smallest absolute Gasteiger partial charge is 0.325 e. The van der Waals surface area contributed by atoms with Gasteiger partial charge in [0.1, 0.15) is 12.3 Å². The third-order valence-corrected chi connectivity index (χ3v) is 7.90. The average Bonchev–Trinajstić information content (AvgIpc) is 3.09. The zero-order chi connectivity index (χ0) is 23.5. The summed E-state index contributed by atoms with van der Waals surface area (Å²) in [5.74, 6) is -0.436. The quantitative estimate of drug-likeness (QED) is 0.485. The summed E-state index contributed by atoms with van der Waals surface area (Å²) in [6.45, 7) is 5.42. The first kappa shape index (κ1) is 23.7. The van der Waals surface area contributed by atoms with Crippen LogP contribution in [0.1, 0.15) is 31.1 Å². The second kappa shape index (κ2) is 9.66. The van der Waals surface area contributed by atoms with Gasteiger partial charge in [-0.2, -0.15) is 4.99 Å². The predicted molar refractivity (Wildman–Crippen MR) is 122 cm³/mol. The van der Waals surface area contributed by atoms with Crippen molar-refractivity contribution >= 4 is 43.3 Å². The van der Waals surface area contributed by atoms with Gasteiger partial charge in [0.2, 0.25) is 0 Å². The monoisotopic (exact) mass is 476 g/mol. The van der Waals surface area contributed by atoms with E-state index in [-0.39, 0.29) is 17.0 Å². The van der Waals surface area contributed by atoms with Crippen molar-refractivity contribution in [3.8, 4) is 5.75 Å². The first-order valence-electron chi connectivity index (χ1n) is 9.93. The molecular formula is C22H24N2O6S2. The molecule has 0 aliphatic rings. The van der Waals surface area contributed by atoms with Crippen LogP contribution < -0.4 is 9.54 Å². The predicted octanol–water partition coefficient (Wildman–Crippen LogP) is 3.20. The van der Waals surface area contributed by atoms with Gasteiger partial charge in [-0.3, -0.25) is 9.59 Å². The van der Waals surface area contributed by atoms with E-state index in [1.54, 1.807) is 30.5 Å². The Kier molecular flexibility index (Phi) is 7.15. The fourth-order valence-electron chi connectivity index (χ4n) is 2.97. The Morgan fingerprint density at radius 2 is 1.91 bits per heavy atom. The van der Waals surface area contributed by atoms with Crippen LogP contribution in [0.2, 0.25) is 0 Å². The van der Waals surface area contributed by atoms with E-state index in [9.17, 15) is 18.0 Å². The Hall–Kier alpha value is -2.98. The number of thiazole rings is 1. The highest BCUT2D eigenvalue weighted by Gasteiger charge is 2.20. The largest absolute Gasteiger partial charge is 0.494 e. The maximum atomic E-state index is 12.9. The number of hydrogen-bond acceptors (Lipinski definition) is 7. The molecule has 0 unspecified atom stereocenters. The third kappa shape index (κ3) is 4.91. The molecule has 3 aromatic rings. The van der Waals surface area contributed by atoms with Gasteiger partial charge in [0.15, 0.2) is 14.6 Å². The highest BCUT2D eigenvalue weighted by atomic mass is 32.2. The molecule has 1 aromatic heterocycles. The first-order valence-corrected chi connectivity index (χ1v) is 12.3. The maximum Gasteiger partial charge on any atom is 0.325 e. The lowest BCUT2D eigenvalue weighted by atomic mass is 10.2. The van der Waals surface area contributed by atoms with E-state index < -0.39 is 27.0 Å². The van der Waals surface area contributed by atoms with Gasteiger partial charge >= 0.3 is 5.97 Å². The number of sulfone groups is 1. The van der Waals surface area contributed by atoms with Crippen molar-refractivity contribution in [3.05, 3.63) is 52.8 Å². The van der Waals surface area contributed by atoms with Gasteiger partial charge in [0.25, 0.3) is 5.91 Å². The molecular weight excluding hydrogens is 452 g/mol. The fraction of sp³-hybridized carbons (Fsp3) is 0.318. The molecule has 170 valence electrons. The topological polar surface area (TPSA) is 104 Å². The molecule has 1 amide bonds. The number of carbonyl (C=O) groups is 2. The number of nitrogens with zero attached hydrogens (tertiary/aromatic N) is 2. The molecule has 2 aromatic carbocycles. The number of esters is 1. The van der Waals surface area contributed by atoms with Crippen LogP contribution in [0.15, 0.2) is 52.4 Å². The minimum atomic E-state index is -3.54. The van der Waals surface area contributed by atoms with E-state index in [2.05, 4.69) is 4.99 Å². The standard InChI is InChI=1S/C22H24N2O6S2/c1-5-30-16-9-10-18-19(12-16)31-22(24(18)13-20(25)29-4)23-21(26)15-7-6-8-17(11-15)32(27,28)14(2)3/h6-12,14H,5,13H2,1-4H3. The minimum Gasteiger partial charge on any atom is -0.494 e. The summed E-state index contributed by atoms with van der Waals surface area (Å²) in [7, 11) is -2.25. The number of aromatic nitrogens is 1.